The normalized spacial score (nSPS) is 19.7. The molecule has 0 spiro atoms. The molecule has 1 saturated heterocycles. The smallest absolute Gasteiger partial charge is 0.338 e. The monoisotopic (exact) mass is 482 g/mol. The molecule has 1 fully saturated rings. The maximum atomic E-state index is 13.5. The first-order valence-corrected chi connectivity index (χ1v) is 9.89. The number of alkyl halides is 6. The summed E-state index contributed by atoms with van der Waals surface area (Å²) in [4.78, 5) is 14.1. The molecule has 2 atom stereocenters. The van der Waals surface area contributed by atoms with Crippen LogP contribution in [0.1, 0.15) is 39.4 Å². The number of piperidine rings is 1. The van der Waals surface area contributed by atoms with E-state index < -0.39 is 52.7 Å². The highest BCUT2D eigenvalue weighted by Crippen LogP contribution is 2.37. The van der Waals surface area contributed by atoms with E-state index in [1.165, 1.54) is 19.2 Å². The van der Waals surface area contributed by atoms with Gasteiger partial charge < -0.3 is 10.2 Å². The van der Waals surface area contributed by atoms with Crippen molar-refractivity contribution < 1.29 is 35.5 Å². The molecular weight excluding hydrogens is 465 g/mol. The minimum absolute atomic E-state index is 0.0232. The summed E-state index contributed by atoms with van der Waals surface area (Å²) in [6.07, 6.45) is -9.74. The molecule has 2 aromatic carbocycles. The molecule has 1 heterocycles. The highest BCUT2D eigenvalue weighted by Gasteiger charge is 2.39. The number of hydrogen-bond acceptors (Lipinski definition) is 2. The summed E-state index contributed by atoms with van der Waals surface area (Å²) in [7, 11) is 1.32. The van der Waals surface area contributed by atoms with Crippen LogP contribution in [0.3, 0.4) is 0 Å². The first-order valence-electron chi connectivity index (χ1n) is 9.51. The van der Waals surface area contributed by atoms with Gasteiger partial charge in [-0.2, -0.15) is 26.3 Å². The molecular formula is C21H18ClF7N2O. The zero-order chi connectivity index (χ0) is 23.8. The number of likely N-dealkylation sites (N-methyl/N-ethyl adjacent to an activating group) is 1. The lowest BCUT2D eigenvalue weighted by atomic mass is 9.85. The maximum Gasteiger partial charge on any atom is 0.416 e. The number of benzene rings is 2. The fraction of sp³-hybridized carbons (Fsp3) is 0.381. The van der Waals surface area contributed by atoms with Gasteiger partial charge in [-0.25, -0.2) is 4.39 Å². The van der Waals surface area contributed by atoms with Crippen LogP contribution in [0, 0.1) is 5.82 Å². The van der Waals surface area contributed by atoms with Crippen molar-refractivity contribution in [2.45, 2.75) is 30.7 Å². The third-order valence-corrected chi connectivity index (χ3v) is 5.76. The summed E-state index contributed by atoms with van der Waals surface area (Å²) >= 11 is 5.85. The van der Waals surface area contributed by atoms with Gasteiger partial charge in [0.1, 0.15) is 5.82 Å². The molecule has 0 radical (unpaired) electrons. The van der Waals surface area contributed by atoms with Crippen molar-refractivity contribution in [3.63, 3.8) is 0 Å². The van der Waals surface area contributed by atoms with Gasteiger partial charge >= 0.3 is 12.4 Å². The first-order chi connectivity index (χ1) is 14.8. The number of amides is 1. The average molecular weight is 483 g/mol. The zero-order valence-corrected chi connectivity index (χ0v) is 17.4. The van der Waals surface area contributed by atoms with Crippen LogP contribution in [-0.2, 0) is 12.4 Å². The molecule has 3 rings (SSSR count). The predicted molar refractivity (Wildman–Crippen MR) is 104 cm³/mol. The maximum absolute atomic E-state index is 13.5. The summed E-state index contributed by atoms with van der Waals surface area (Å²) in [6, 6.07) is 4.28. The summed E-state index contributed by atoms with van der Waals surface area (Å²) < 4.78 is 92.5. The van der Waals surface area contributed by atoms with Gasteiger partial charge in [0.05, 0.1) is 16.1 Å². The van der Waals surface area contributed by atoms with Crippen LogP contribution in [0.4, 0.5) is 30.7 Å². The van der Waals surface area contributed by atoms with Crippen LogP contribution in [0.2, 0.25) is 5.02 Å². The largest absolute Gasteiger partial charge is 0.416 e. The summed E-state index contributed by atoms with van der Waals surface area (Å²) in [6.45, 7) is 0.838. The molecule has 174 valence electrons. The average Bonchev–Trinajstić information content (AvgIpc) is 2.73. The van der Waals surface area contributed by atoms with Crippen molar-refractivity contribution in [3.05, 3.63) is 69.5 Å². The van der Waals surface area contributed by atoms with E-state index in [4.69, 9.17) is 11.6 Å². The Morgan fingerprint density at radius 1 is 1.03 bits per heavy atom. The second-order valence-electron chi connectivity index (χ2n) is 7.55. The molecule has 32 heavy (non-hydrogen) atoms. The Labute approximate surface area is 184 Å². The van der Waals surface area contributed by atoms with Crippen LogP contribution in [0.15, 0.2) is 36.4 Å². The lowest BCUT2D eigenvalue weighted by Crippen LogP contribution is -2.49. The molecule has 1 amide bonds. The summed E-state index contributed by atoms with van der Waals surface area (Å²) in [5.74, 6) is -2.01. The third-order valence-electron chi connectivity index (χ3n) is 5.47. The number of carbonyl (C=O) groups excluding carboxylic acids is 1. The van der Waals surface area contributed by atoms with Crippen LogP contribution in [0.5, 0.6) is 0 Å². The Hall–Kier alpha value is -2.33. The SMILES string of the molecule is CN(C(=O)c1cc(C(F)(F)F)cc(C(F)(F)F)c1)C1CCNCC1c1ccc(F)c(Cl)c1. The molecule has 0 aliphatic carbocycles. The van der Waals surface area contributed by atoms with E-state index in [1.807, 2.05) is 0 Å². The van der Waals surface area contributed by atoms with Gasteiger partial charge in [0.25, 0.3) is 5.91 Å². The molecule has 1 aliphatic heterocycles. The van der Waals surface area contributed by atoms with Crippen molar-refractivity contribution in [2.75, 3.05) is 20.1 Å². The Kier molecular flexibility index (Phi) is 6.76. The molecule has 1 N–H and O–H groups in total. The highest BCUT2D eigenvalue weighted by atomic mass is 35.5. The fourth-order valence-corrected chi connectivity index (χ4v) is 4.01. The van der Waals surface area contributed by atoms with Gasteiger partial charge in [0.2, 0.25) is 0 Å². The standard InChI is InChI=1S/C21H18ClF7N2O/c1-31(18-4-5-30-10-15(18)11-2-3-17(23)16(22)8-11)19(32)12-6-13(20(24,25)26)9-14(7-12)21(27,28)29/h2-3,6-9,15,18,30H,4-5,10H2,1H3. The van der Waals surface area contributed by atoms with Crippen LogP contribution < -0.4 is 5.32 Å². The number of halogens is 8. The molecule has 11 heteroatoms. The lowest BCUT2D eigenvalue weighted by Gasteiger charge is -2.39. The topological polar surface area (TPSA) is 32.3 Å². The molecule has 1 aliphatic rings. The third kappa shape index (κ3) is 5.17. The van der Waals surface area contributed by atoms with Crippen molar-refractivity contribution in [1.29, 1.82) is 0 Å². The zero-order valence-electron chi connectivity index (χ0n) is 16.6. The van der Waals surface area contributed by atoms with Gasteiger partial charge in [-0.1, -0.05) is 17.7 Å². The van der Waals surface area contributed by atoms with E-state index in [0.717, 1.165) is 11.0 Å². The van der Waals surface area contributed by atoms with Gasteiger partial charge in [-0.3, -0.25) is 4.79 Å². The van der Waals surface area contributed by atoms with E-state index in [0.29, 0.717) is 37.2 Å². The van der Waals surface area contributed by atoms with E-state index in [9.17, 15) is 35.5 Å². The van der Waals surface area contributed by atoms with Crippen molar-refractivity contribution in [1.82, 2.24) is 10.2 Å². The van der Waals surface area contributed by atoms with Crippen molar-refractivity contribution in [2.24, 2.45) is 0 Å². The van der Waals surface area contributed by atoms with Crippen molar-refractivity contribution in [3.8, 4) is 0 Å². The minimum Gasteiger partial charge on any atom is -0.338 e. The number of nitrogens with zero attached hydrogens (tertiary/aromatic N) is 1. The van der Waals surface area contributed by atoms with Crippen molar-refractivity contribution >= 4 is 17.5 Å². The second kappa shape index (κ2) is 8.90. The Morgan fingerprint density at radius 3 is 2.16 bits per heavy atom. The molecule has 0 saturated carbocycles. The number of rotatable bonds is 3. The molecule has 2 aromatic rings. The minimum atomic E-state index is -5.06. The number of carbonyl (C=O) groups is 1. The quantitative estimate of drug-likeness (QED) is 0.566. The van der Waals surface area contributed by atoms with Crippen LogP contribution in [0.25, 0.3) is 0 Å². The van der Waals surface area contributed by atoms with E-state index in [1.54, 1.807) is 0 Å². The highest BCUT2D eigenvalue weighted by molar-refractivity contribution is 6.30. The van der Waals surface area contributed by atoms with Crippen LogP contribution in [-0.4, -0.2) is 37.0 Å². The Balaban J connectivity index is 1.97. The van der Waals surface area contributed by atoms with Gasteiger partial charge in [0.15, 0.2) is 0 Å². The summed E-state index contributed by atoms with van der Waals surface area (Å²) in [5, 5.41) is 2.99. The Bertz CT molecular complexity index is 974. The summed E-state index contributed by atoms with van der Waals surface area (Å²) in [5.41, 5.74) is -3.25. The van der Waals surface area contributed by atoms with E-state index in [-0.39, 0.29) is 11.1 Å². The number of nitrogens with one attached hydrogen (secondary N) is 1. The Morgan fingerprint density at radius 2 is 1.62 bits per heavy atom. The molecule has 3 nitrogen and oxygen atoms in total. The molecule has 2 unspecified atom stereocenters. The lowest BCUT2D eigenvalue weighted by molar-refractivity contribution is -0.143. The van der Waals surface area contributed by atoms with Gasteiger partial charge in [-0.15, -0.1) is 0 Å². The first kappa shape index (κ1) is 24.3. The second-order valence-corrected chi connectivity index (χ2v) is 7.96. The fourth-order valence-electron chi connectivity index (χ4n) is 3.82. The van der Waals surface area contributed by atoms with Gasteiger partial charge in [0, 0.05) is 31.1 Å². The predicted octanol–water partition coefficient (Wildman–Crippen LogP) is 5.73. The van der Waals surface area contributed by atoms with Gasteiger partial charge in [-0.05, 0) is 48.9 Å². The molecule has 0 aromatic heterocycles. The van der Waals surface area contributed by atoms with Crippen LogP contribution >= 0.6 is 11.6 Å². The van der Waals surface area contributed by atoms with E-state index in [2.05, 4.69) is 5.32 Å². The molecule has 0 bridgehead atoms. The van der Waals surface area contributed by atoms with E-state index >= 15 is 0 Å². The number of hydrogen-bond donors (Lipinski definition) is 1.